The molecule has 5 aromatic rings. The van der Waals surface area contributed by atoms with Gasteiger partial charge in [-0.1, -0.05) is 35.3 Å². The fourth-order valence-electron chi connectivity index (χ4n) is 5.37. The van der Waals surface area contributed by atoms with Gasteiger partial charge in [-0.15, -0.1) is 0 Å². The number of hydrogen-bond donors (Lipinski definition) is 1. The number of ether oxygens (including phenoxy) is 1. The smallest absolute Gasteiger partial charge is 0.397 e. The molecule has 11 nitrogen and oxygen atoms in total. The zero-order valence-electron chi connectivity index (χ0n) is 24.9. The Labute approximate surface area is 274 Å². The predicted octanol–water partition coefficient (Wildman–Crippen LogP) is 6.16. The number of amides is 1. The Morgan fingerprint density at radius 1 is 1.02 bits per heavy atom. The van der Waals surface area contributed by atoms with E-state index in [0.29, 0.717) is 41.8 Å². The molecule has 16 heteroatoms. The highest BCUT2D eigenvalue weighted by molar-refractivity contribution is 6.31. The van der Waals surface area contributed by atoms with Gasteiger partial charge in [0, 0.05) is 40.0 Å². The molecule has 0 aliphatic carbocycles. The van der Waals surface area contributed by atoms with Crippen molar-refractivity contribution in [3.8, 4) is 34.0 Å². The highest BCUT2D eigenvalue weighted by Gasteiger charge is 2.42. The molecule has 0 fully saturated rings. The molecule has 3 aromatic heterocycles. The summed E-state index contributed by atoms with van der Waals surface area (Å²) in [5.74, 6) is -4.23. The first-order valence-corrected chi connectivity index (χ1v) is 14.9. The Hall–Kier alpha value is -5.44. The van der Waals surface area contributed by atoms with Gasteiger partial charge < -0.3 is 10.1 Å². The second-order valence-electron chi connectivity index (χ2n) is 11.1. The van der Waals surface area contributed by atoms with Crippen LogP contribution in [0.2, 0.25) is 5.02 Å². The van der Waals surface area contributed by atoms with Crippen LogP contribution in [0.3, 0.4) is 0 Å². The number of nitrogens with one attached hydrogen (secondary N) is 1. The molecule has 0 saturated heterocycles. The van der Waals surface area contributed by atoms with Crippen LogP contribution >= 0.6 is 11.6 Å². The van der Waals surface area contributed by atoms with Crippen molar-refractivity contribution in [2.45, 2.75) is 38.4 Å². The number of nitrogens with zero attached hydrogens (tertiary/aromatic N) is 6. The standard InChI is InChI=1S/C32H24ClF4N7O4/c1-17-3-2-4-27(25-11-18(9-10-38-25)21-13-20(34)6-7-23(21)40-30(17)46)43-16-39-24(14-29(43)45)22-12-19(33)5-8-26(22)44-15-28(41-42-44)48-31(47)32(35,36)37/h5-17,27H,2-4H2,1H3,(H,40,46)/t17-,27+/m1/s1. The number of aromatic nitrogens is 6. The van der Waals surface area contributed by atoms with Gasteiger partial charge in [0.1, 0.15) is 5.82 Å². The lowest BCUT2D eigenvalue weighted by Crippen LogP contribution is -2.28. The van der Waals surface area contributed by atoms with Crippen LogP contribution in [0.1, 0.15) is 37.9 Å². The van der Waals surface area contributed by atoms with E-state index in [1.54, 1.807) is 25.3 Å². The molecule has 0 radical (unpaired) electrons. The number of halogens is 5. The van der Waals surface area contributed by atoms with Gasteiger partial charge in [-0.3, -0.25) is 19.1 Å². The molecule has 1 amide bonds. The van der Waals surface area contributed by atoms with Crippen LogP contribution in [0.25, 0.3) is 28.1 Å². The highest BCUT2D eigenvalue weighted by atomic mass is 35.5. The van der Waals surface area contributed by atoms with Gasteiger partial charge in [0.25, 0.3) is 11.4 Å². The Kier molecular flexibility index (Phi) is 8.79. The van der Waals surface area contributed by atoms with Crippen molar-refractivity contribution in [2.75, 3.05) is 5.32 Å². The average Bonchev–Trinajstić information content (AvgIpc) is 3.51. The molecule has 6 rings (SSSR count). The first-order valence-electron chi connectivity index (χ1n) is 14.5. The summed E-state index contributed by atoms with van der Waals surface area (Å²) in [5, 5.41) is 10.4. The number of benzene rings is 2. The lowest BCUT2D eigenvalue weighted by atomic mass is 9.95. The normalized spacial score (nSPS) is 16.7. The summed E-state index contributed by atoms with van der Waals surface area (Å²) in [7, 11) is 0. The third kappa shape index (κ3) is 6.81. The molecular formula is C32H24ClF4N7O4. The number of carbonyl (C=O) groups excluding carboxylic acids is 2. The molecule has 2 aromatic carbocycles. The molecule has 2 atom stereocenters. The Morgan fingerprint density at radius 2 is 1.83 bits per heavy atom. The molecule has 2 bridgehead atoms. The maximum Gasteiger partial charge on any atom is 0.491 e. The van der Waals surface area contributed by atoms with Crippen molar-refractivity contribution < 1.29 is 31.9 Å². The molecule has 1 aliphatic heterocycles. The van der Waals surface area contributed by atoms with Gasteiger partial charge in [-0.2, -0.15) is 13.2 Å². The van der Waals surface area contributed by atoms with Crippen molar-refractivity contribution in [1.29, 1.82) is 0 Å². The molecule has 1 N–H and O–H groups in total. The number of esters is 1. The Morgan fingerprint density at radius 3 is 2.60 bits per heavy atom. The number of pyridine rings is 1. The number of carbonyl (C=O) groups is 2. The zero-order chi connectivity index (χ0) is 34.2. The Balaban J connectivity index is 1.38. The van der Waals surface area contributed by atoms with E-state index in [0.717, 1.165) is 10.9 Å². The van der Waals surface area contributed by atoms with E-state index in [9.17, 15) is 31.9 Å². The lowest BCUT2D eigenvalue weighted by Gasteiger charge is -2.23. The zero-order valence-corrected chi connectivity index (χ0v) is 25.7. The first-order chi connectivity index (χ1) is 22.9. The number of alkyl halides is 3. The topological polar surface area (TPSA) is 134 Å². The summed E-state index contributed by atoms with van der Waals surface area (Å²) in [4.78, 5) is 47.0. The summed E-state index contributed by atoms with van der Waals surface area (Å²) < 4.78 is 59.1. The molecule has 0 saturated carbocycles. The van der Waals surface area contributed by atoms with E-state index in [1.165, 1.54) is 53.4 Å². The van der Waals surface area contributed by atoms with Gasteiger partial charge in [0.05, 0.1) is 35.6 Å². The molecule has 0 unspecified atom stereocenters. The maximum absolute atomic E-state index is 14.4. The average molecular weight is 682 g/mol. The third-order valence-electron chi connectivity index (χ3n) is 7.79. The van der Waals surface area contributed by atoms with Crippen LogP contribution in [0, 0.1) is 11.7 Å². The predicted molar refractivity (Wildman–Crippen MR) is 165 cm³/mol. The van der Waals surface area contributed by atoms with Gasteiger partial charge >= 0.3 is 12.1 Å². The van der Waals surface area contributed by atoms with Crippen molar-refractivity contribution in [3.63, 3.8) is 0 Å². The van der Waals surface area contributed by atoms with Gasteiger partial charge in [-0.05, 0) is 66.9 Å². The fraction of sp³-hybridized carbons (Fsp3) is 0.219. The fourth-order valence-corrected chi connectivity index (χ4v) is 5.54. The minimum Gasteiger partial charge on any atom is -0.397 e. The van der Waals surface area contributed by atoms with E-state index in [2.05, 4.69) is 30.3 Å². The van der Waals surface area contributed by atoms with Crippen molar-refractivity contribution >= 4 is 29.2 Å². The van der Waals surface area contributed by atoms with E-state index < -0.39 is 35.4 Å². The van der Waals surface area contributed by atoms with Crippen molar-refractivity contribution in [2.24, 2.45) is 5.92 Å². The van der Waals surface area contributed by atoms with Gasteiger partial charge in [0.15, 0.2) is 0 Å². The third-order valence-corrected chi connectivity index (χ3v) is 8.02. The number of fused-ring (bicyclic) bond motifs is 4. The van der Waals surface area contributed by atoms with Crippen molar-refractivity contribution in [1.82, 2.24) is 29.5 Å². The van der Waals surface area contributed by atoms with E-state index in [1.807, 2.05) is 0 Å². The second kappa shape index (κ2) is 13.0. The van der Waals surface area contributed by atoms with Crippen LogP contribution in [0.4, 0.5) is 23.2 Å². The van der Waals surface area contributed by atoms with Crippen molar-refractivity contribution in [3.05, 3.63) is 100 Å². The summed E-state index contributed by atoms with van der Waals surface area (Å²) in [6, 6.07) is 12.6. The van der Waals surface area contributed by atoms with Crippen LogP contribution in [0.5, 0.6) is 5.88 Å². The minimum atomic E-state index is -5.23. The van der Waals surface area contributed by atoms with E-state index in [4.69, 9.17) is 11.6 Å². The van der Waals surface area contributed by atoms with E-state index in [-0.39, 0.29) is 33.8 Å². The lowest BCUT2D eigenvalue weighted by molar-refractivity contribution is -0.190. The van der Waals surface area contributed by atoms with Crippen LogP contribution < -0.4 is 15.6 Å². The molecule has 0 spiro atoms. The monoisotopic (exact) mass is 681 g/mol. The Bertz CT molecular complexity index is 2100. The molecule has 246 valence electrons. The van der Waals surface area contributed by atoms with Gasteiger partial charge in [0.2, 0.25) is 5.91 Å². The number of hydrogen-bond acceptors (Lipinski definition) is 8. The van der Waals surface area contributed by atoms with Gasteiger partial charge in [-0.25, -0.2) is 18.9 Å². The highest BCUT2D eigenvalue weighted by Crippen LogP contribution is 2.34. The summed E-state index contributed by atoms with van der Waals surface area (Å²) >= 11 is 6.25. The van der Waals surface area contributed by atoms with Crippen LogP contribution in [-0.4, -0.2) is 47.6 Å². The largest absolute Gasteiger partial charge is 0.491 e. The van der Waals surface area contributed by atoms with Crippen LogP contribution in [0.15, 0.2) is 78.1 Å². The summed E-state index contributed by atoms with van der Waals surface area (Å²) in [6.45, 7) is 1.79. The second-order valence-corrected chi connectivity index (χ2v) is 11.5. The first kappa shape index (κ1) is 32.5. The SMILES string of the molecule is C[C@@H]1CCC[C@H](n2cnc(-c3cc(Cl)ccc3-n3cc(OC(=O)C(F)(F)F)nn3)cc2=O)c2cc(ccn2)-c2cc(F)ccc2NC1=O. The molecular weight excluding hydrogens is 658 g/mol. The molecule has 48 heavy (non-hydrogen) atoms. The maximum atomic E-state index is 14.4. The molecule has 4 heterocycles. The van der Waals surface area contributed by atoms with Crippen LogP contribution in [-0.2, 0) is 9.59 Å². The molecule has 1 aliphatic rings. The summed E-state index contributed by atoms with van der Waals surface area (Å²) in [6.07, 6.45) is 0.103. The van der Waals surface area contributed by atoms with E-state index >= 15 is 0 Å². The number of rotatable bonds is 4. The quantitative estimate of drug-likeness (QED) is 0.176. The minimum absolute atomic E-state index is 0.155. The summed E-state index contributed by atoms with van der Waals surface area (Å²) in [5.41, 5.74) is 2.20. The number of anilines is 1.